The highest BCUT2D eigenvalue weighted by Gasteiger charge is 2.05. The van der Waals surface area contributed by atoms with Crippen molar-refractivity contribution in [3.05, 3.63) is 37.1 Å². The summed E-state index contributed by atoms with van der Waals surface area (Å²) in [5.41, 5.74) is 7.54. The topological polar surface area (TPSA) is 56.7 Å². The average Bonchev–Trinajstić information content (AvgIpc) is 2.78. The van der Waals surface area contributed by atoms with E-state index in [0.29, 0.717) is 11.8 Å². The van der Waals surface area contributed by atoms with Gasteiger partial charge in [-0.3, -0.25) is 8.96 Å². The Labute approximate surface area is 99.0 Å². The summed E-state index contributed by atoms with van der Waals surface area (Å²) >= 11 is 1.67. The number of aromatic nitrogens is 3. The van der Waals surface area contributed by atoms with Crippen molar-refractivity contribution in [3.8, 4) is 11.3 Å². The highest BCUT2D eigenvalue weighted by Crippen LogP contribution is 2.19. The predicted molar refractivity (Wildman–Crippen MR) is 67.0 cm³/mol. The normalized spacial score (nSPS) is 12.6. The Bertz CT molecular complexity index is 440. The van der Waals surface area contributed by atoms with E-state index in [1.165, 1.54) is 0 Å². The Morgan fingerprint density at radius 1 is 1.56 bits per heavy atom. The monoisotopic (exact) mass is 234 g/mol. The number of hydrogen-bond acceptors (Lipinski definition) is 4. The molecule has 1 atom stereocenters. The van der Waals surface area contributed by atoms with Crippen molar-refractivity contribution in [2.45, 2.75) is 12.2 Å². The molecule has 0 aliphatic carbocycles. The highest BCUT2D eigenvalue weighted by molar-refractivity contribution is 7.98. The van der Waals surface area contributed by atoms with Crippen molar-refractivity contribution in [3.63, 3.8) is 0 Å². The van der Waals surface area contributed by atoms with E-state index in [9.17, 15) is 0 Å². The molecule has 0 aromatic carbocycles. The average molecular weight is 234 g/mol. The maximum absolute atomic E-state index is 5.57. The first-order chi connectivity index (χ1) is 7.79. The quantitative estimate of drug-likeness (QED) is 0.876. The zero-order valence-corrected chi connectivity index (χ0v) is 9.89. The first-order valence-corrected chi connectivity index (χ1v) is 5.95. The standard InChI is InChI=1S/C11H14N4S/c1-9(5-12)16-15-7-11(14-8-15)10-3-2-4-13-6-10/h2-4,6-9H,5,12H2,1H3. The van der Waals surface area contributed by atoms with Gasteiger partial charge in [-0.2, -0.15) is 0 Å². The minimum atomic E-state index is 0.385. The van der Waals surface area contributed by atoms with Crippen molar-refractivity contribution < 1.29 is 0 Å². The van der Waals surface area contributed by atoms with Gasteiger partial charge in [-0.05, 0) is 24.1 Å². The second-order valence-corrected chi connectivity index (χ2v) is 4.95. The molecule has 4 nitrogen and oxygen atoms in total. The lowest BCUT2D eigenvalue weighted by atomic mass is 10.2. The molecule has 0 aliphatic heterocycles. The molecule has 2 heterocycles. The molecule has 0 saturated heterocycles. The van der Waals surface area contributed by atoms with E-state index in [1.807, 2.05) is 28.5 Å². The summed E-state index contributed by atoms with van der Waals surface area (Å²) in [6.07, 6.45) is 7.36. The summed E-state index contributed by atoms with van der Waals surface area (Å²) in [6.45, 7) is 2.75. The number of pyridine rings is 1. The first-order valence-electron chi connectivity index (χ1n) is 5.11. The van der Waals surface area contributed by atoms with Gasteiger partial charge in [0.25, 0.3) is 0 Å². The fraction of sp³-hybridized carbons (Fsp3) is 0.273. The van der Waals surface area contributed by atoms with Crippen LogP contribution in [0.4, 0.5) is 0 Å². The molecule has 0 fully saturated rings. The van der Waals surface area contributed by atoms with Gasteiger partial charge in [-0.1, -0.05) is 6.92 Å². The molecular formula is C11H14N4S. The van der Waals surface area contributed by atoms with Gasteiger partial charge >= 0.3 is 0 Å². The summed E-state index contributed by atoms with van der Waals surface area (Å²) < 4.78 is 1.99. The van der Waals surface area contributed by atoms with Crippen LogP contribution in [0.15, 0.2) is 37.1 Å². The van der Waals surface area contributed by atoms with Crippen molar-refractivity contribution in [2.24, 2.45) is 5.73 Å². The molecule has 1 unspecified atom stereocenters. The van der Waals surface area contributed by atoms with Gasteiger partial charge in [0.1, 0.15) is 6.33 Å². The van der Waals surface area contributed by atoms with E-state index in [-0.39, 0.29) is 0 Å². The Morgan fingerprint density at radius 2 is 2.44 bits per heavy atom. The molecule has 0 saturated carbocycles. The molecule has 84 valence electrons. The zero-order chi connectivity index (χ0) is 11.4. The lowest BCUT2D eigenvalue weighted by molar-refractivity contribution is 0.943. The second-order valence-electron chi connectivity index (χ2n) is 3.51. The molecular weight excluding hydrogens is 220 g/mol. The molecule has 2 N–H and O–H groups in total. The second kappa shape index (κ2) is 5.14. The highest BCUT2D eigenvalue weighted by atomic mass is 32.2. The third-order valence-electron chi connectivity index (χ3n) is 2.15. The molecule has 2 aromatic heterocycles. The Hall–Kier alpha value is -1.33. The van der Waals surface area contributed by atoms with Crippen LogP contribution in [0.3, 0.4) is 0 Å². The fourth-order valence-electron chi connectivity index (χ4n) is 1.28. The van der Waals surface area contributed by atoms with Gasteiger partial charge in [0.2, 0.25) is 0 Å². The maximum Gasteiger partial charge on any atom is 0.105 e. The van der Waals surface area contributed by atoms with E-state index >= 15 is 0 Å². The summed E-state index contributed by atoms with van der Waals surface area (Å²) in [4.78, 5) is 8.41. The maximum atomic E-state index is 5.57. The molecule has 0 spiro atoms. The van der Waals surface area contributed by atoms with Gasteiger partial charge in [-0.15, -0.1) is 0 Å². The van der Waals surface area contributed by atoms with E-state index in [4.69, 9.17) is 5.73 Å². The van der Waals surface area contributed by atoms with Gasteiger partial charge in [-0.25, -0.2) is 4.98 Å². The van der Waals surface area contributed by atoms with E-state index in [2.05, 4.69) is 16.9 Å². The molecule has 16 heavy (non-hydrogen) atoms. The third kappa shape index (κ3) is 2.62. The van der Waals surface area contributed by atoms with Gasteiger partial charge < -0.3 is 5.73 Å². The fourth-order valence-corrected chi connectivity index (χ4v) is 2.04. The van der Waals surface area contributed by atoms with Crippen molar-refractivity contribution in [2.75, 3.05) is 6.54 Å². The van der Waals surface area contributed by atoms with E-state index < -0.39 is 0 Å². The molecule has 2 aromatic rings. The number of nitrogens with two attached hydrogens (primary N) is 1. The molecule has 5 heteroatoms. The van der Waals surface area contributed by atoms with Crippen LogP contribution in [0.25, 0.3) is 11.3 Å². The minimum absolute atomic E-state index is 0.385. The van der Waals surface area contributed by atoms with Crippen LogP contribution < -0.4 is 5.73 Å². The lowest BCUT2D eigenvalue weighted by Gasteiger charge is -2.06. The van der Waals surface area contributed by atoms with Gasteiger partial charge in [0, 0.05) is 35.9 Å². The van der Waals surface area contributed by atoms with Crippen LogP contribution >= 0.6 is 11.9 Å². The van der Waals surface area contributed by atoms with Crippen molar-refractivity contribution in [1.82, 2.24) is 13.9 Å². The van der Waals surface area contributed by atoms with Gasteiger partial charge in [0.05, 0.1) is 5.69 Å². The molecule has 0 radical (unpaired) electrons. The predicted octanol–water partition coefficient (Wildman–Crippen LogP) is 1.79. The lowest BCUT2D eigenvalue weighted by Crippen LogP contribution is -2.13. The number of rotatable bonds is 4. The molecule has 0 bridgehead atoms. The molecule has 2 rings (SSSR count). The summed E-state index contributed by atoms with van der Waals surface area (Å²) in [5.74, 6) is 0. The van der Waals surface area contributed by atoms with Crippen LogP contribution in [0.2, 0.25) is 0 Å². The van der Waals surface area contributed by atoms with Crippen LogP contribution in [-0.2, 0) is 0 Å². The summed E-state index contributed by atoms with van der Waals surface area (Å²) in [7, 11) is 0. The van der Waals surface area contributed by atoms with Crippen LogP contribution in [-0.4, -0.2) is 25.7 Å². The van der Waals surface area contributed by atoms with Gasteiger partial charge in [0.15, 0.2) is 0 Å². The molecule has 0 amide bonds. The SMILES string of the molecule is CC(CN)Sn1cnc(-c2cccnc2)c1. The van der Waals surface area contributed by atoms with Crippen LogP contribution in [0.1, 0.15) is 6.92 Å². The van der Waals surface area contributed by atoms with Crippen molar-refractivity contribution >= 4 is 11.9 Å². The summed E-state index contributed by atoms with van der Waals surface area (Å²) in [5, 5.41) is 0.385. The number of imidazole rings is 1. The summed E-state index contributed by atoms with van der Waals surface area (Å²) in [6, 6.07) is 3.90. The Kier molecular flexibility index (Phi) is 3.58. The minimum Gasteiger partial charge on any atom is -0.329 e. The zero-order valence-electron chi connectivity index (χ0n) is 9.08. The smallest absolute Gasteiger partial charge is 0.105 e. The van der Waals surface area contributed by atoms with Crippen molar-refractivity contribution in [1.29, 1.82) is 0 Å². The Balaban J connectivity index is 2.14. The number of nitrogens with zero attached hydrogens (tertiary/aromatic N) is 3. The molecule has 0 aliphatic rings. The van der Waals surface area contributed by atoms with Crippen LogP contribution in [0.5, 0.6) is 0 Å². The first kappa shape index (κ1) is 11.2. The largest absolute Gasteiger partial charge is 0.329 e. The van der Waals surface area contributed by atoms with Crippen LogP contribution in [0, 0.1) is 0 Å². The third-order valence-corrected chi connectivity index (χ3v) is 3.15. The number of hydrogen-bond donors (Lipinski definition) is 1. The van der Waals surface area contributed by atoms with E-state index in [0.717, 1.165) is 11.3 Å². The van der Waals surface area contributed by atoms with E-state index in [1.54, 1.807) is 24.5 Å². The Morgan fingerprint density at radius 3 is 3.12 bits per heavy atom.